The van der Waals surface area contributed by atoms with Gasteiger partial charge in [0.1, 0.15) is 0 Å². The van der Waals surface area contributed by atoms with E-state index >= 15 is 0 Å². The van der Waals surface area contributed by atoms with Crippen molar-refractivity contribution in [3.8, 4) is 0 Å². The number of aryl methyl sites for hydroxylation is 1. The quantitative estimate of drug-likeness (QED) is 0.798. The molecule has 2 aromatic rings. The molecule has 6 heteroatoms. The highest BCUT2D eigenvalue weighted by atomic mass is 16.5. The van der Waals surface area contributed by atoms with E-state index in [9.17, 15) is 4.79 Å². The number of carbonyl (C=O) groups is 1. The van der Waals surface area contributed by atoms with Gasteiger partial charge in [0.05, 0.1) is 24.2 Å². The van der Waals surface area contributed by atoms with Crippen LogP contribution in [0.3, 0.4) is 0 Å². The van der Waals surface area contributed by atoms with E-state index in [-0.39, 0.29) is 12.4 Å². The molecular weight excluding hydrogens is 304 g/mol. The van der Waals surface area contributed by atoms with Gasteiger partial charge in [-0.05, 0) is 32.5 Å². The Morgan fingerprint density at radius 2 is 1.96 bits per heavy atom. The van der Waals surface area contributed by atoms with Crippen LogP contribution in [0, 0.1) is 6.92 Å². The average molecular weight is 328 g/mol. The molecule has 1 aromatic carbocycles. The van der Waals surface area contributed by atoms with E-state index in [0.29, 0.717) is 12.6 Å². The molecule has 0 aliphatic carbocycles. The Morgan fingerprint density at radius 3 is 2.67 bits per heavy atom. The summed E-state index contributed by atoms with van der Waals surface area (Å²) in [5.74, 6) is 0.463. The van der Waals surface area contributed by atoms with Gasteiger partial charge in [0.2, 0.25) is 5.95 Å². The van der Waals surface area contributed by atoms with Crippen molar-refractivity contribution in [2.45, 2.75) is 20.3 Å². The van der Waals surface area contributed by atoms with Gasteiger partial charge in [0, 0.05) is 31.6 Å². The average Bonchev–Trinajstić information content (AvgIpc) is 2.55. The molecule has 1 aliphatic heterocycles. The minimum absolute atomic E-state index is 0.179. The van der Waals surface area contributed by atoms with E-state index in [4.69, 9.17) is 14.7 Å². The Kier molecular flexibility index (Phi) is 4.94. The number of hydrogen-bond donors (Lipinski definition) is 0. The molecule has 1 fully saturated rings. The van der Waals surface area contributed by atoms with Crippen LogP contribution >= 0.6 is 0 Å². The van der Waals surface area contributed by atoms with Crippen LogP contribution in [0.1, 0.15) is 18.2 Å². The number of piperazine rings is 1. The number of fused-ring (bicyclic) bond motifs is 1. The van der Waals surface area contributed by atoms with Gasteiger partial charge in [-0.3, -0.25) is 4.79 Å². The molecule has 3 rings (SSSR count). The molecule has 6 nitrogen and oxygen atoms in total. The third-order valence-corrected chi connectivity index (χ3v) is 4.40. The summed E-state index contributed by atoms with van der Waals surface area (Å²) < 4.78 is 5.11. The standard InChI is InChI=1S/C18H24N4O2/c1-4-24-16(23)12-15-17-13(2)6-5-7-14(17)19-18(20-15)22-10-8-21(3)9-11-22/h5-7H,4,8-12H2,1-3H3. The normalized spacial score (nSPS) is 15.7. The Balaban J connectivity index is 2.00. The Morgan fingerprint density at radius 1 is 1.21 bits per heavy atom. The van der Waals surface area contributed by atoms with Crippen molar-refractivity contribution >= 4 is 22.8 Å². The van der Waals surface area contributed by atoms with Crippen LogP contribution in [0.2, 0.25) is 0 Å². The fourth-order valence-electron chi connectivity index (χ4n) is 3.05. The predicted molar refractivity (Wildman–Crippen MR) is 94.3 cm³/mol. The fourth-order valence-corrected chi connectivity index (χ4v) is 3.05. The van der Waals surface area contributed by atoms with Crippen molar-refractivity contribution in [1.82, 2.24) is 14.9 Å². The van der Waals surface area contributed by atoms with Gasteiger partial charge in [-0.2, -0.15) is 0 Å². The maximum atomic E-state index is 12.0. The number of aromatic nitrogens is 2. The second-order valence-electron chi connectivity index (χ2n) is 6.21. The maximum absolute atomic E-state index is 12.0. The number of anilines is 1. The smallest absolute Gasteiger partial charge is 0.311 e. The predicted octanol–water partition coefficient (Wildman–Crippen LogP) is 1.80. The lowest BCUT2D eigenvalue weighted by atomic mass is 10.1. The third-order valence-electron chi connectivity index (χ3n) is 4.40. The van der Waals surface area contributed by atoms with Crippen molar-refractivity contribution in [3.05, 3.63) is 29.5 Å². The molecule has 0 amide bonds. The third kappa shape index (κ3) is 3.48. The number of likely N-dealkylation sites (N-methyl/N-ethyl adjacent to an activating group) is 1. The van der Waals surface area contributed by atoms with Crippen LogP contribution in [-0.2, 0) is 16.0 Å². The molecule has 1 aliphatic rings. The maximum Gasteiger partial charge on any atom is 0.311 e. The van der Waals surface area contributed by atoms with Gasteiger partial charge in [0.15, 0.2) is 0 Å². The largest absolute Gasteiger partial charge is 0.466 e. The topological polar surface area (TPSA) is 58.6 Å². The molecule has 0 radical (unpaired) electrons. The number of nitrogens with zero attached hydrogens (tertiary/aromatic N) is 4. The molecule has 0 bridgehead atoms. The molecule has 128 valence electrons. The second kappa shape index (κ2) is 7.13. The van der Waals surface area contributed by atoms with Crippen LogP contribution in [0.15, 0.2) is 18.2 Å². The highest BCUT2D eigenvalue weighted by Gasteiger charge is 2.20. The van der Waals surface area contributed by atoms with Crippen molar-refractivity contribution in [2.24, 2.45) is 0 Å². The molecule has 0 spiro atoms. The monoisotopic (exact) mass is 328 g/mol. The molecule has 0 unspecified atom stereocenters. The molecule has 24 heavy (non-hydrogen) atoms. The lowest BCUT2D eigenvalue weighted by Crippen LogP contribution is -2.45. The summed E-state index contributed by atoms with van der Waals surface area (Å²) in [6, 6.07) is 6.00. The number of esters is 1. The first-order valence-electron chi connectivity index (χ1n) is 8.44. The summed E-state index contributed by atoms with van der Waals surface area (Å²) in [5.41, 5.74) is 2.72. The van der Waals surface area contributed by atoms with Gasteiger partial charge in [-0.25, -0.2) is 9.97 Å². The summed E-state index contributed by atoms with van der Waals surface area (Å²) >= 11 is 0. The van der Waals surface area contributed by atoms with Crippen molar-refractivity contribution < 1.29 is 9.53 Å². The summed E-state index contributed by atoms with van der Waals surface area (Å²) in [4.78, 5) is 25.9. The van der Waals surface area contributed by atoms with Gasteiger partial charge in [0.25, 0.3) is 0 Å². The van der Waals surface area contributed by atoms with E-state index in [0.717, 1.165) is 48.3 Å². The zero-order valence-electron chi connectivity index (χ0n) is 14.6. The minimum atomic E-state index is -0.245. The van der Waals surface area contributed by atoms with Crippen LogP contribution < -0.4 is 4.90 Å². The van der Waals surface area contributed by atoms with Gasteiger partial charge >= 0.3 is 5.97 Å². The van der Waals surface area contributed by atoms with E-state index in [1.54, 1.807) is 0 Å². The molecule has 0 N–H and O–H groups in total. The van der Waals surface area contributed by atoms with Gasteiger partial charge in [-0.15, -0.1) is 0 Å². The summed E-state index contributed by atoms with van der Waals surface area (Å²) in [6.45, 7) is 7.99. The Bertz CT molecular complexity index is 739. The molecular formula is C18H24N4O2. The first-order valence-corrected chi connectivity index (χ1v) is 8.44. The lowest BCUT2D eigenvalue weighted by molar-refractivity contribution is -0.142. The SMILES string of the molecule is CCOC(=O)Cc1nc(N2CCN(C)CC2)nc2cccc(C)c12. The van der Waals surface area contributed by atoms with Crippen molar-refractivity contribution in [3.63, 3.8) is 0 Å². The summed E-state index contributed by atoms with van der Waals surface area (Å²) in [6.07, 6.45) is 0.179. The Hall–Kier alpha value is -2.21. The van der Waals surface area contributed by atoms with Gasteiger partial charge in [-0.1, -0.05) is 12.1 Å². The zero-order valence-corrected chi connectivity index (χ0v) is 14.6. The van der Waals surface area contributed by atoms with E-state index in [1.807, 2.05) is 32.0 Å². The van der Waals surface area contributed by atoms with Crippen LogP contribution in [-0.4, -0.2) is 60.7 Å². The molecule has 1 saturated heterocycles. The molecule has 0 saturated carbocycles. The summed E-state index contributed by atoms with van der Waals surface area (Å²) in [7, 11) is 2.12. The van der Waals surface area contributed by atoms with Crippen LogP contribution in [0.5, 0.6) is 0 Å². The van der Waals surface area contributed by atoms with Crippen LogP contribution in [0.4, 0.5) is 5.95 Å². The highest BCUT2D eigenvalue weighted by Crippen LogP contribution is 2.24. The number of rotatable bonds is 4. The summed E-state index contributed by atoms with van der Waals surface area (Å²) in [5, 5.41) is 0.962. The van der Waals surface area contributed by atoms with Crippen molar-refractivity contribution in [2.75, 3.05) is 44.7 Å². The number of carbonyl (C=O) groups excluding carboxylic acids is 1. The lowest BCUT2D eigenvalue weighted by Gasteiger charge is -2.32. The van der Waals surface area contributed by atoms with E-state index < -0.39 is 0 Å². The number of benzene rings is 1. The van der Waals surface area contributed by atoms with E-state index in [2.05, 4.69) is 16.8 Å². The Labute approximate surface area is 142 Å². The van der Waals surface area contributed by atoms with Crippen LogP contribution in [0.25, 0.3) is 10.9 Å². The number of hydrogen-bond acceptors (Lipinski definition) is 6. The second-order valence-corrected chi connectivity index (χ2v) is 6.21. The first-order chi connectivity index (χ1) is 11.6. The molecule has 0 atom stereocenters. The van der Waals surface area contributed by atoms with E-state index in [1.165, 1.54) is 0 Å². The first kappa shape index (κ1) is 16.6. The zero-order chi connectivity index (χ0) is 17.1. The highest BCUT2D eigenvalue weighted by molar-refractivity contribution is 5.88. The molecule has 2 heterocycles. The van der Waals surface area contributed by atoms with Crippen molar-refractivity contribution in [1.29, 1.82) is 0 Å². The molecule has 1 aromatic heterocycles. The van der Waals surface area contributed by atoms with Gasteiger partial charge < -0.3 is 14.5 Å². The minimum Gasteiger partial charge on any atom is -0.466 e. The fraction of sp³-hybridized carbons (Fsp3) is 0.500. The number of ether oxygens (including phenoxy) is 1.